The molecule has 0 amide bonds. The number of halogens is 3. The van der Waals surface area contributed by atoms with Gasteiger partial charge in [0.15, 0.2) is 0 Å². The van der Waals surface area contributed by atoms with Crippen molar-refractivity contribution in [2.45, 2.75) is 18.9 Å². The first-order valence-electron chi connectivity index (χ1n) is 8.47. The number of aromatic nitrogens is 2. The minimum Gasteiger partial charge on any atom is -0.374 e. The normalized spacial score (nSPS) is 20.0. The van der Waals surface area contributed by atoms with Crippen LogP contribution >= 0.6 is 23.2 Å². The Morgan fingerprint density at radius 2 is 2.08 bits per heavy atom. The van der Waals surface area contributed by atoms with Gasteiger partial charge in [-0.1, -0.05) is 23.2 Å². The molecule has 0 aliphatic carbocycles. The smallest absolute Gasteiger partial charge is 0.130 e. The minimum absolute atomic E-state index is 0.262. The molecular formula is C19H19Cl2FN4. The second kappa shape index (κ2) is 6.41. The van der Waals surface area contributed by atoms with Crippen LogP contribution in [0.4, 0.5) is 10.1 Å². The Labute approximate surface area is 161 Å². The quantitative estimate of drug-likeness (QED) is 0.638. The van der Waals surface area contributed by atoms with Crippen molar-refractivity contribution in [3.63, 3.8) is 0 Å². The largest absolute Gasteiger partial charge is 0.374 e. The SMILES string of the molecule is Cc1c2ccc(NC3(c4c(F)ccc(Cl)c4Cl)CCNC3)cc2nn1C. The number of hydrogen-bond donors (Lipinski definition) is 2. The van der Waals surface area contributed by atoms with E-state index < -0.39 is 5.54 Å². The summed E-state index contributed by atoms with van der Waals surface area (Å²) in [6.45, 7) is 3.36. The number of aryl methyl sites for hydroxylation is 2. The van der Waals surface area contributed by atoms with Gasteiger partial charge in [-0.2, -0.15) is 5.10 Å². The fraction of sp³-hybridized carbons (Fsp3) is 0.316. The highest BCUT2D eigenvalue weighted by Gasteiger charge is 2.40. The third kappa shape index (κ3) is 2.75. The average Bonchev–Trinajstić information content (AvgIpc) is 3.17. The van der Waals surface area contributed by atoms with Crippen LogP contribution in [0.3, 0.4) is 0 Å². The molecule has 7 heteroatoms. The van der Waals surface area contributed by atoms with Crippen molar-refractivity contribution in [1.29, 1.82) is 0 Å². The van der Waals surface area contributed by atoms with Crippen molar-refractivity contribution in [3.05, 3.63) is 57.5 Å². The molecule has 2 N–H and O–H groups in total. The van der Waals surface area contributed by atoms with Crippen molar-refractivity contribution in [1.82, 2.24) is 15.1 Å². The lowest BCUT2D eigenvalue weighted by molar-refractivity contribution is 0.496. The molecule has 2 aromatic carbocycles. The molecule has 26 heavy (non-hydrogen) atoms. The Balaban J connectivity index is 1.80. The number of hydrogen-bond acceptors (Lipinski definition) is 3. The Bertz CT molecular complexity index is 993. The summed E-state index contributed by atoms with van der Waals surface area (Å²) in [5.41, 5.74) is 2.62. The van der Waals surface area contributed by atoms with Crippen LogP contribution in [-0.2, 0) is 12.6 Å². The minimum atomic E-state index is -0.663. The maximum atomic E-state index is 14.7. The summed E-state index contributed by atoms with van der Waals surface area (Å²) in [4.78, 5) is 0. The highest BCUT2D eigenvalue weighted by Crippen LogP contribution is 2.41. The van der Waals surface area contributed by atoms with Crippen LogP contribution in [-0.4, -0.2) is 22.9 Å². The van der Waals surface area contributed by atoms with Crippen molar-refractivity contribution >= 4 is 39.8 Å². The summed E-state index contributed by atoms with van der Waals surface area (Å²) < 4.78 is 16.6. The Hall–Kier alpha value is -1.82. The van der Waals surface area contributed by atoms with Crippen LogP contribution < -0.4 is 10.6 Å². The van der Waals surface area contributed by atoms with Gasteiger partial charge in [0, 0.05) is 35.9 Å². The van der Waals surface area contributed by atoms with Gasteiger partial charge in [-0.25, -0.2) is 4.39 Å². The van der Waals surface area contributed by atoms with Crippen LogP contribution in [0.5, 0.6) is 0 Å². The van der Waals surface area contributed by atoms with E-state index in [1.54, 1.807) is 0 Å². The van der Waals surface area contributed by atoms with Gasteiger partial charge in [-0.15, -0.1) is 0 Å². The highest BCUT2D eigenvalue weighted by molar-refractivity contribution is 6.42. The third-order valence-corrected chi connectivity index (χ3v) is 6.00. The highest BCUT2D eigenvalue weighted by atomic mass is 35.5. The first-order chi connectivity index (χ1) is 12.4. The molecule has 4 nitrogen and oxygen atoms in total. The van der Waals surface area contributed by atoms with E-state index in [9.17, 15) is 4.39 Å². The maximum absolute atomic E-state index is 14.7. The molecule has 1 aliphatic heterocycles. The summed E-state index contributed by atoms with van der Waals surface area (Å²) in [5, 5.41) is 13.1. The zero-order valence-corrected chi connectivity index (χ0v) is 16.0. The molecule has 1 aliphatic rings. The molecule has 1 saturated heterocycles. The molecule has 0 radical (unpaired) electrons. The fourth-order valence-corrected chi connectivity index (χ4v) is 4.22. The lowest BCUT2D eigenvalue weighted by Gasteiger charge is -2.33. The van der Waals surface area contributed by atoms with E-state index in [2.05, 4.69) is 15.7 Å². The summed E-state index contributed by atoms with van der Waals surface area (Å²) in [6.07, 6.45) is 0.698. The molecule has 4 rings (SSSR count). The molecule has 1 fully saturated rings. The van der Waals surface area contributed by atoms with E-state index in [1.807, 2.05) is 36.9 Å². The number of nitrogens with one attached hydrogen (secondary N) is 2. The Morgan fingerprint density at radius 3 is 2.81 bits per heavy atom. The van der Waals surface area contributed by atoms with E-state index in [0.29, 0.717) is 23.6 Å². The molecule has 136 valence electrons. The molecule has 0 spiro atoms. The number of nitrogens with zero attached hydrogens (tertiary/aromatic N) is 2. The monoisotopic (exact) mass is 392 g/mol. The number of benzene rings is 2. The van der Waals surface area contributed by atoms with E-state index in [4.69, 9.17) is 23.2 Å². The van der Waals surface area contributed by atoms with Crippen molar-refractivity contribution in [2.75, 3.05) is 18.4 Å². The van der Waals surface area contributed by atoms with Crippen LogP contribution in [0.15, 0.2) is 30.3 Å². The molecule has 1 aromatic heterocycles. The number of fused-ring (bicyclic) bond motifs is 1. The first-order valence-corrected chi connectivity index (χ1v) is 9.23. The predicted molar refractivity (Wildman–Crippen MR) is 105 cm³/mol. The van der Waals surface area contributed by atoms with Gasteiger partial charge < -0.3 is 10.6 Å². The van der Waals surface area contributed by atoms with Crippen molar-refractivity contribution in [2.24, 2.45) is 7.05 Å². The molecule has 0 saturated carbocycles. The summed E-state index contributed by atoms with van der Waals surface area (Å²) in [5.74, 6) is -0.356. The van der Waals surface area contributed by atoms with E-state index in [1.165, 1.54) is 12.1 Å². The first kappa shape index (κ1) is 17.6. The third-order valence-electron chi connectivity index (χ3n) is 5.19. The summed E-state index contributed by atoms with van der Waals surface area (Å²) >= 11 is 12.6. The van der Waals surface area contributed by atoms with Crippen LogP contribution in [0.2, 0.25) is 10.0 Å². The van der Waals surface area contributed by atoms with E-state index >= 15 is 0 Å². The molecule has 2 heterocycles. The maximum Gasteiger partial charge on any atom is 0.130 e. The van der Waals surface area contributed by atoms with Gasteiger partial charge in [0.1, 0.15) is 5.82 Å². The van der Waals surface area contributed by atoms with Crippen LogP contribution in [0.1, 0.15) is 17.7 Å². The van der Waals surface area contributed by atoms with E-state index in [0.717, 1.165) is 28.8 Å². The zero-order chi connectivity index (χ0) is 18.5. The van der Waals surface area contributed by atoms with Gasteiger partial charge in [-0.05, 0) is 50.2 Å². The van der Waals surface area contributed by atoms with Crippen LogP contribution in [0.25, 0.3) is 10.9 Å². The Kier molecular flexibility index (Phi) is 4.34. The molecule has 0 bridgehead atoms. The van der Waals surface area contributed by atoms with Gasteiger partial charge >= 0.3 is 0 Å². The van der Waals surface area contributed by atoms with Crippen molar-refractivity contribution in [3.8, 4) is 0 Å². The standard InChI is InChI=1S/C19H19Cl2FN4/c1-11-13-4-3-12(9-16(13)25-26(11)2)24-19(7-8-23-10-19)17-15(22)6-5-14(20)18(17)21/h3-6,9,23-24H,7-8,10H2,1-2H3. The molecule has 3 aromatic rings. The summed E-state index contributed by atoms with van der Waals surface area (Å²) in [7, 11) is 1.92. The second-order valence-electron chi connectivity index (χ2n) is 6.79. The fourth-order valence-electron chi connectivity index (χ4n) is 3.73. The lowest BCUT2D eigenvalue weighted by atomic mass is 9.88. The number of rotatable bonds is 3. The second-order valence-corrected chi connectivity index (χ2v) is 7.58. The molecular weight excluding hydrogens is 374 g/mol. The van der Waals surface area contributed by atoms with Gasteiger partial charge in [0.05, 0.1) is 21.1 Å². The summed E-state index contributed by atoms with van der Waals surface area (Å²) in [6, 6.07) is 8.87. The topological polar surface area (TPSA) is 41.9 Å². The van der Waals surface area contributed by atoms with Gasteiger partial charge in [0.25, 0.3) is 0 Å². The van der Waals surface area contributed by atoms with Crippen molar-refractivity contribution < 1.29 is 4.39 Å². The van der Waals surface area contributed by atoms with E-state index in [-0.39, 0.29) is 10.8 Å². The Morgan fingerprint density at radius 1 is 1.27 bits per heavy atom. The molecule has 1 unspecified atom stereocenters. The van der Waals surface area contributed by atoms with Crippen LogP contribution in [0, 0.1) is 12.7 Å². The number of anilines is 1. The van der Waals surface area contributed by atoms with Gasteiger partial charge in [0.2, 0.25) is 0 Å². The predicted octanol–water partition coefficient (Wildman–Crippen LogP) is 4.63. The lowest BCUT2D eigenvalue weighted by Crippen LogP contribution is -2.38. The van der Waals surface area contributed by atoms with Gasteiger partial charge in [-0.3, -0.25) is 4.68 Å². The average molecular weight is 393 g/mol. The molecule has 1 atom stereocenters. The zero-order valence-electron chi connectivity index (χ0n) is 14.5.